The third-order valence-electron chi connectivity index (χ3n) is 3.60. The van der Waals surface area contributed by atoms with Gasteiger partial charge < -0.3 is 15.4 Å². The number of amides is 1. The summed E-state index contributed by atoms with van der Waals surface area (Å²) in [6, 6.07) is 0.362. The molecule has 1 saturated heterocycles. The van der Waals surface area contributed by atoms with Crippen LogP contribution in [-0.2, 0) is 4.74 Å². The maximum Gasteiger partial charge on any atom is 0.407 e. The Balaban J connectivity index is 1.52. The lowest BCUT2D eigenvalue weighted by Crippen LogP contribution is -2.33. The minimum absolute atomic E-state index is 0.224. The highest BCUT2D eigenvalue weighted by molar-refractivity contribution is 5.67. The van der Waals surface area contributed by atoms with E-state index >= 15 is 0 Å². The zero-order chi connectivity index (χ0) is 11.2. The summed E-state index contributed by atoms with van der Waals surface area (Å²) in [5.74, 6) is 0.694. The highest BCUT2D eigenvalue weighted by atomic mass is 16.5. The van der Waals surface area contributed by atoms with Crippen LogP contribution in [0.15, 0.2) is 0 Å². The second-order valence-corrected chi connectivity index (χ2v) is 4.91. The van der Waals surface area contributed by atoms with Crippen molar-refractivity contribution < 1.29 is 9.53 Å². The molecule has 1 aliphatic carbocycles. The second kappa shape index (κ2) is 6.09. The summed E-state index contributed by atoms with van der Waals surface area (Å²) < 4.78 is 5.19. The van der Waals surface area contributed by atoms with Crippen molar-refractivity contribution in [2.45, 2.75) is 44.6 Å². The zero-order valence-electron chi connectivity index (χ0n) is 9.84. The topological polar surface area (TPSA) is 50.4 Å². The van der Waals surface area contributed by atoms with Crippen LogP contribution in [0.2, 0.25) is 0 Å². The Bertz CT molecular complexity index is 221. The standard InChI is InChI=1S/C12H22N2O2/c15-12(14-11-3-1-2-4-11)16-8-6-10-5-7-13-9-10/h10-11,13H,1-9H2,(H,14,15). The molecule has 0 bridgehead atoms. The molecule has 4 heteroatoms. The molecule has 0 aromatic rings. The Labute approximate surface area is 97.1 Å². The first-order chi connectivity index (χ1) is 7.84. The van der Waals surface area contributed by atoms with Gasteiger partial charge in [-0.3, -0.25) is 0 Å². The van der Waals surface area contributed by atoms with Gasteiger partial charge in [-0.1, -0.05) is 12.8 Å². The molecule has 0 spiro atoms. The van der Waals surface area contributed by atoms with Crippen molar-refractivity contribution in [1.29, 1.82) is 0 Å². The molecule has 92 valence electrons. The Hall–Kier alpha value is -0.770. The predicted octanol–water partition coefficient (Wildman–Crippen LogP) is 1.65. The first-order valence-electron chi connectivity index (χ1n) is 6.48. The minimum atomic E-state index is -0.224. The van der Waals surface area contributed by atoms with Gasteiger partial charge >= 0.3 is 6.09 Å². The molecule has 0 aromatic carbocycles. The number of alkyl carbamates (subject to hydrolysis) is 1. The lowest BCUT2D eigenvalue weighted by molar-refractivity contribution is 0.136. The number of ether oxygens (including phenoxy) is 1. The van der Waals surface area contributed by atoms with E-state index in [2.05, 4.69) is 10.6 Å². The molecule has 0 radical (unpaired) electrons. The van der Waals surface area contributed by atoms with Gasteiger partial charge in [0.15, 0.2) is 0 Å². The summed E-state index contributed by atoms with van der Waals surface area (Å²) in [4.78, 5) is 11.4. The summed E-state index contributed by atoms with van der Waals surface area (Å²) in [7, 11) is 0. The lowest BCUT2D eigenvalue weighted by atomic mass is 10.1. The van der Waals surface area contributed by atoms with Crippen molar-refractivity contribution in [2.75, 3.05) is 19.7 Å². The molecule has 4 nitrogen and oxygen atoms in total. The number of hydrogen-bond acceptors (Lipinski definition) is 3. The van der Waals surface area contributed by atoms with Gasteiger partial charge in [-0.15, -0.1) is 0 Å². The van der Waals surface area contributed by atoms with Crippen molar-refractivity contribution in [1.82, 2.24) is 10.6 Å². The average molecular weight is 226 g/mol. The Kier molecular flexibility index (Phi) is 4.45. The molecule has 2 aliphatic rings. The van der Waals surface area contributed by atoms with E-state index in [0.29, 0.717) is 18.6 Å². The molecule has 1 aliphatic heterocycles. The maximum atomic E-state index is 11.4. The van der Waals surface area contributed by atoms with Crippen LogP contribution in [0, 0.1) is 5.92 Å². The Morgan fingerprint density at radius 2 is 2.12 bits per heavy atom. The monoisotopic (exact) mass is 226 g/mol. The van der Waals surface area contributed by atoms with Gasteiger partial charge in [-0.25, -0.2) is 4.79 Å². The van der Waals surface area contributed by atoms with Crippen molar-refractivity contribution >= 4 is 6.09 Å². The van der Waals surface area contributed by atoms with Gasteiger partial charge in [0, 0.05) is 6.04 Å². The van der Waals surface area contributed by atoms with Crippen LogP contribution in [0.5, 0.6) is 0 Å². The second-order valence-electron chi connectivity index (χ2n) is 4.91. The van der Waals surface area contributed by atoms with Crippen molar-refractivity contribution in [3.8, 4) is 0 Å². The van der Waals surface area contributed by atoms with E-state index in [0.717, 1.165) is 32.4 Å². The summed E-state index contributed by atoms with van der Waals surface area (Å²) in [5.41, 5.74) is 0. The molecule has 16 heavy (non-hydrogen) atoms. The fraction of sp³-hybridized carbons (Fsp3) is 0.917. The molecule has 0 aromatic heterocycles. The largest absolute Gasteiger partial charge is 0.450 e. The van der Waals surface area contributed by atoms with Gasteiger partial charge in [-0.2, -0.15) is 0 Å². The first kappa shape index (κ1) is 11.7. The lowest BCUT2D eigenvalue weighted by Gasteiger charge is -2.13. The molecule has 1 saturated carbocycles. The van der Waals surface area contributed by atoms with E-state index in [-0.39, 0.29) is 6.09 Å². The zero-order valence-corrected chi connectivity index (χ0v) is 9.84. The molecule has 2 rings (SSSR count). The summed E-state index contributed by atoms with van der Waals surface area (Å²) in [6.07, 6.45) is 6.68. The summed E-state index contributed by atoms with van der Waals surface area (Å²) in [5, 5.41) is 6.24. The van der Waals surface area contributed by atoms with E-state index in [1.165, 1.54) is 19.3 Å². The smallest absolute Gasteiger partial charge is 0.407 e. The average Bonchev–Trinajstić information content (AvgIpc) is 2.90. The Morgan fingerprint density at radius 3 is 2.81 bits per heavy atom. The molecular formula is C12H22N2O2. The van der Waals surface area contributed by atoms with Gasteiger partial charge in [0.2, 0.25) is 0 Å². The van der Waals surface area contributed by atoms with Crippen LogP contribution in [0.1, 0.15) is 38.5 Å². The molecule has 1 atom stereocenters. The minimum Gasteiger partial charge on any atom is -0.450 e. The van der Waals surface area contributed by atoms with E-state index in [4.69, 9.17) is 4.74 Å². The number of hydrogen-bond donors (Lipinski definition) is 2. The molecule has 2 N–H and O–H groups in total. The van der Waals surface area contributed by atoms with E-state index in [1.54, 1.807) is 0 Å². The summed E-state index contributed by atoms with van der Waals surface area (Å²) in [6.45, 7) is 2.75. The van der Waals surface area contributed by atoms with Crippen molar-refractivity contribution in [3.63, 3.8) is 0 Å². The third kappa shape index (κ3) is 3.67. The van der Waals surface area contributed by atoms with Crippen LogP contribution in [0.3, 0.4) is 0 Å². The number of nitrogens with one attached hydrogen (secondary N) is 2. The third-order valence-corrected chi connectivity index (χ3v) is 3.60. The van der Waals surface area contributed by atoms with Crippen LogP contribution in [0.4, 0.5) is 4.79 Å². The maximum absolute atomic E-state index is 11.4. The highest BCUT2D eigenvalue weighted by Gasteiger charge is 2.18. The SMILES string of the molecule is O=C(NC1CCCC1)OCCC1CCNC1. The number of carbonyl (C=O) groups is 1. The fourth-order valence-electron chi connectivity index (χ4n) is 2.56. The van der Waals surface area contributed by atoms with E-state index in [9.17, 15) is 4.79 Å². The summed E-state index contributed by atoms with van der Waals surface area (Å²) >= 11 is 0. The van der Waals surface area contributed by atoms with Gasteiger partial charge in [0.25, 0.3) is 0 Å². The predicted molar refractivity (Wildman–Crippen MR) is 62.3 cm³/mol. The van der Waals surface area contributed by atoms with Crippen LogP contribution in [0.25, 0.3) is 0 Å². The number of carbonyl (C=O) groups excluding carboxylic acids is 1. The van der Waals surface area contributed by atoms with Crippen molar-refractivity contribution in [3.05, 3.63) is 0 Å². The molecule has 2 fully saturated rings. The molecular weight excluding hydrogens is 204 g/mol. The van der Waals surface area contributed by atoms with Gasteiger partial charge in [0.05, 0.1) is 6.61 Å². The van der Waals surface area contributed by atoms with Crippen LogP contribution >= 0.6 is 0 Å². The normalized spacial score (nSPS) is 25.9. The van der Waals surface area contributed by atoms with Gasteiger partial charge in [-0.05, 0) is 44.7 Å². The molecule has 1 amide bonds. The highest BCUT2D eigenvalue weighted by Crippen LogP contribution is 2.17. The van der Waals surface area contributed by atoms with E-state index in [1.807, 2.05) is 0 Å². The fourth-order valence-corrected chi connectivity index (χ4v) is 2.56. The van der Waals surface area contributed by atoms with E-state index < -0.39 is 0 Å². The number of rotatable bonds is 4. The van der Waals surface area contributed by atoms with Crippen LogP contribution < -0.4 is 10.6 Å². The van der Waals surface area contributed by atoms with Crippen LogP contribution in [-0.4, -0.2) is 31.8 Å². The quantitative estimate of drug-likeness (QED) is 0.766. The Morgan fingerprint density at radius 1 is 1.31 bits per heavy atom. The van der Waals surface area contributed by atoms with Gasteiger partial charge in [0.1, 0.15) is 0 Å². The molecule has 1 unspecified atom stereocenters. The van der Waals surface area contributed by atoms with Crippen molar-refractivity contribution in [2.24, 2.45) is 5.92 Å². The first-order valence-corrected chi connectivity index (χ1v) is 6.48. The molecule has 1 heterocycles.